The molecular weight excluding hydrogens is 436 g/mol. The van der Waals surface area contributed by atoms with Crippen LogP contribution in [-0.4, -0.2) is 24.0 Å². The van der Waals surface area contributed by atoms with Gasteiger partial charge in [0.1, 0.15) is 12.2 Å². The Morgan fingerprint density at radius 2 is 1.91 bits per heavy atom. The predicted octanol–water partition coefficient (Wildman–Crippen LogP) is 6.18. The highest BCUT2D eigenvalue weighted by molar-refractivity contribution is 6.13. The number of carbonyl (C=O) groups excluding carboxylic acids is 2. The van der Waals surface area contributed by atoms with E-state index in [9.17, 15) is 9.59 Å². The van der Waals surface area contributed by atoms with Crippen LogP contribution in [0.5, 0.6) is 0 Å². The van der Waals surface area contributed by atoms with E-state index in [1.54, 1.807) is 6.08 Å². The van der Waals surface area contributed by atoms with Gasteiger partial charge < -0.3 is 9.47 Å². The number of hydrogen-bond donors (Lipinski definition) is 0. The number of cyclic esters (lactones) is 1. The molecule has 5 rings (SSSR count). The van der Waals surface area contributed by atoms with Gasteiger partial charge in [-0.3, -0.25) is 4.79 Å². The third-order valence-electron chi connectivity index (χ3n) is 9.52. The number of hydrogen-bond acceptors (Lipinski definition) is 4. The maximum Gasteiger partial charge on any atom is 0.347 e. The van der Waals surface area contributed by atoms with Crippen molar-refractivity contribution in [3.8, 4) is 0 Å². The molecule has 35 heavy (non-hydrogen) atoms. The van der Waals surface area contributed by atoms with Gasteiger partial charge in [0.15, 0.2) is 5.78 Å². The van der Waals surface area contributed by atoms with Crippen molar-refractivity contribution in [1.29, 1.82) is 0 Å². The van der Waals surface area contributed by atoms with E-state index >= 15 is 0 Å². The van der Waals surface area contributed by atoms with Crippen LogP contribution in [-0.2, 0) is 24.7 Å². The summed E-state index contributed by atoms with van der Waals surface area (Å²) in [6, 6.07) is 10.1. The van der Waals surface area contributed by atoms with Crippen molar-refractivity contribution in [3.05, 3.63) is 71.8 Å². The number of benzene rings is 1. The van der Waals surface area contributed by atoms with Crippen LogP contribution in [0.2, 0.25) is 0 Å². The molecule has 0 bridgehead atoms. The fourth-order valence-corrected chi connectivity index (χ4v) is 7.57. The minimum atomic E-state index is -1.64. The highest BCUT2D eigenvalue weighted by atomic mass is 16.6. The molecular formula is C31H38O4. The van der Waals surface area contributed by atoms with Crippen LogP contribution < -0.4 is 0 Å². The van der Waals surface area contributed by atoms with E-state index in [-0.39, 0.29) is 30.1 Å². The van der Waals surface area contributed by atoms with Crippen LogP contribution in [0.4, 0.5) is 0 Å². The van der Waals surface area contributed by atoms with E-state index in [0.29, 0.717) is 11.8 Å². The quantitative estimate of drug-likeness (QED) is 0.281. The van der Waals surface area contributed by atoms with Gasteiger partial charge in [-0.25, -0.2) is 4.79 Å². The number of rotatable bonds is 6. The molecule has 4 heteroatoms. The average molecular weight is 475 g/mol. The Labute approximate surface area is 209 Å². The van der Waals surface area contributed by atoms with Gasteiger partial charge >= 0.3 is 5.97 Å². The number of esters is 1. The molecule has 1 saturated carbocycles. The minimum Gasteiger partial charge on any atom is -0.462 e. The van der Waals surface area contributed by atoms with Crippen LogP contribution in [0.15, 0.2) is 66.3 Å². The van der Waals surface area contributed by atoms with Gasteiger partial charge in [0.2, 0.25) is 5.60 Å². The Balaban J connectivity index is 1.63. The van der Waals surface area contributed by atoms with Crippen molar-refractivity contribution in [3.63, 3.8) is 0 Å². The molecule has 0 N–H and O–H groups in total. The Kier molecular flexibility index (Phi) is 5.75. The Hall–Kier alpha value is -2.46. The molecule has 2 saturated heterocycles. The van der Waals surface area contributed by atoms with Gasteiger partial charge in [-0.2, -0.15) is 0 Å². The summed E-state index contributed by atoms with van der Waals surface area (Å²) in [5, 5.41) is 0. The number of Topliss-reactive ketones (excluding diaryl/α,β-unsaturated/α-hetero) is 1. The van der Waals surface area contributed by atoms with Gasteiger partial charge in [-0.1, -0.05) is 66.6 Å². The van der Waals surface area contributed by atoms with E-state index in [1.807, 2.05) is 25.1 Å². The molecule has 4 aliphatic rings. The van der Waals surface area contributed by atoms with Crippen LogP contribution in [0.1, 0.15) is 59.4 Å². The van der Waals surface area contributed by atoms with Crippen molar-refractivity contribution in [2.45, 2.75) is 65.1 Å². The van der Waals surface area contributed by atoms with Crippen LogP contribution in [0.25, 0.3) is 0 Å². The second kappa shape index (κ2) is 8.30. The normalized spacial score (nSPS) is 40.3. The first-order valence-corrected chi connectivity index (χ1v) is 13.0. The Bertz CT molecular complexity index is 1110. The fraction of sp³-hybridized carbons (Fsp3) is 0.548. The lowest BCUT2D eigenvalue weighted by molar-refractivity contribution is -0.234. The molecule has 2 heterocycles. The van der Waals surface area contributed by atoms with Gasteiger partial charge in [-0.15, -0.1) is 6.58 Å². The topological polar surface area (TPSA) is 52.6 Å². The number of fused-ring (bicyclic) bond motifs is 4. The summed E-state index contributed by atoms with van der Waals surface area (Å²) >= 11 is 0. The predicted molar refractivity (Wildman–Crippen MR) is 136 cm³/mol. The molecule has 0 amide bonds. The standard InChI is InChI=1S/C31H38O4/c1-7-29(6)18-34-28(33)31(29)27(32)26-24-23(20(4)13-11-12-19(2)3)17-16-21(5)25(24)30(26,35-31)22-14-9-8-10-15-22/h7-10,12,14-16,20,23-26H,1,11,13,17-18H2,2-6H3/t20?,23-,24+,25-,26-,29-,30-,31-/m1/s1. The molecule has 186 valence electrons. The monoisotopic (exact) mass is 474 g/mol. The maximum atomic E-state index is 14.5. The molecule has 3 fully saturated rings. The molecule has 0 aromatic heterocycles. The molecule has 2 aliphatic heterocycles. The lowest BCUT2D eigenvalue weighted by Crippen LogP contribution is -2.64. The van der Waals surface area contributed by atoms with Crippen molar-refractivity contribution < 1.29 is 19.1 Å². The zero-order valence-electron chi connectivity index (χ0n) is 21.7. The first-order valence-electron chi connectivity index (χ1n) is 13.0. The van der Waals surface area contributed by atoms with Crippen LogP contribution >= 0.6 is 0 Å². The largest absolute Gasteiger partial charge is 0.462 e. The number of ketones is 1. The van der Waals surface area contributed by atoms with Crippen molar-refractivity contribution >= 4 is 11.8 Å². The Morgan fingerprint density at radius 1 is 1.20 bits per heavy atom. The molecule has 1 spiro atoms. The smallest absolute Gasteiger partial charge is 0.347 e. The number of allylic oxidation sites excluding steroid dienone is 3. The zero-order chi connectivity index (χ0) is 25.2. The second-order valence-electron chi connectivity index (χ2n) is 11.7. The van der Waals surface area contributed by atoms with Crippen LogP contribution in [0.3, 0.4) is 0 Å². The fourth-order valence-electron chi connectivity index (χ4n) is 7.57. The second-order valence-corrected chi connectivity index (χ2v) is 11.7. The van der Waals surface area contributed by atoms with Crippen molar-refractivity contribution in [2.24, 2.45) is 35.0 Å². The van der Waals surface area contributed by atoms with Gasteiger partial charge in [0, 0.05) is 5.92 Å². The average Bonchev–Trinajstić information content (AvgIpc) is 3.22. The summed E-state index contributed by atoms with van der Waals surface area (Å²) in [5.74, 6) is -0.00100. The SMILES string of the molecule is C=C[C@]1(C)COC(=O)[C@@]12O[C@]1(c3ccccc3)[C@@H]3C(C)=CC[C@H](C(C)CCC=C(C)C)[C@@H]3[C@@H]1C2=O. The molecule has 1 aromatic rings. The molecule has 1 aromatic carbocycles. The van der Waals surface area contributed by atoms with E-state index in [0.717, 1.165) is 24.8 Å². The molecule has 4 nitrogen and oxygen atoms in total. The number of carbonyl (C=O) groups is 2. The summed E-state index contributed by atoms with van der Waals surface area (Å²) in [5.41, 5.74) is 0.197. The van der Waals surface area contributed by atoms with Gasteiger partial charge in [0.05, 0.1) is 11.3 Å². The molecule has 2 aliphatic carbocycles. The van der Waals surface area contributed by atoms with Gasteiger partial charge in [-0.05, 0) is 70.3 Å². The Morgan fingerprint density at radius 3 is 2.57 bits per heavy atom. The first kappa shape index (κ1) is 24.2. The summed E-state index contributed by atoms with van der Waals surface area (Å²) in [6.07, 6.45) is 9.44. The van der Waals surface area contributed by atoms with Crippen molar-refractivity contribution in [1.82, 2.24) is 0 Å². The first-order chi connectivity index (χ1) is 16.6. The highest BCUT2D eigenvalue weighted by Gasteiger charge is 2.83. The summed E-state index contributed by atoms with van der Waals surface area (Å²) in [6.45, 7) is 14.7. The number of ether oxygens (including phenoxy) is 2. The highest BCUT2D eigenvalue weighted by Crippen LogP contribution is 2.73. The van der Waals surface area contributed by atoms with E-state index in [4.69, 9.17) is 9.47 Å². The van der Waals surface area contributed by atoms with Gasteiger partial charge in [0.25, 0.3) is 0 Å². The van der Waals surface area contributed by atoms with Crippen LogP contribution in [0, 0.1) is 35.0 Å². The zero-order valence-corrected chi connectivity index (χ0v) is 21.7. The molecule has 0 radical (unpaired) electrons. The molecule has 8 atom stereocenters. The third-order valence-corrected chi connectivity index (χ3v) is 9.52. The third kappa shape index (κ3) is 3.08. The summed E-state index contributed by atoms with van der Waals surface area (Å²) < 4.78 is 12.5. The summed E-state index contributed by atoms with van der Waals surface area (Å²) in [4.78, 5) is 27.8. The maximum absolute atomic E-state index is 14.5. The minimum absolute atomic E-state index is 0.0605. The van der Waals surface area contributed by atoms with Crippen molar-refractivity contribution in [2.75, 3.05) is 6.61 Å². The summed E-state index contributed by atoms with van der Waals surface area (Å²) in [7, 11) is 0. The van der Waals surface area contributed by atoms with E-state index < -0.39 is 22.6 Å². The molecule has 1 unspecified atom stereocenters. The lowest BCUT2D eigenvalue weighted by atomic mass is 9.42. The lowest BCUT2D eigenvalue weighted by Gasteiger charge is -2.62. The van der Waals surface area contributed by atoms with E-state index in [2.05, 4.69) is 58.6 Å². The van der Waals surface area contributed by atoms with E-state index in [1.165, 1.54) is 11.1 Å².